The van der Waals surface area contributed by atoms with Crippen LogP contribution in [0.4, 0.5) is 0 Å². The van der Waals surface area contributed by atoms with E-state index in [9.17, 15) is 4.79 Å². The summed E-state index contributed by atoms with van der Waals surface area (Å²) < 4.78 is 5.39. The van der Waals surface area contributed by atoms with Crippen LogP contribution in [0.3, 0.4) is 0 Å². The van der Waals surface area contributed by atoms with Gasteiger partial charge in [0.1, 0.15) is 0 Å². The molecule has 3 aliphatic rings. The van der Waals surface area contributed by atoms with Gasteiger partial charge in [-0.15, -0.1) is 0 Å². The van der Waals surface area contributed by atoms with Gasteiger partial charge in [0, 0.05) is 24.5 Å². The molecule has 0 aromatic carbocycles. The van der Waals surface area contributed by atoms with Crippen molar-refractivity contribution in [2.75, 3.05) is 26.3 Å². The Kier molecular flexibility index (Phi) is 3.32. The van der Waals surface area contributed by atoms with E-state index in [1.54, 1.807) is 0 Å². The van der Waals surface area contributed by atoms with E-state index in [0.717, 1.165) is 39.1 Å². The number of amides is 1. The minimum absolute atomic E-state index is 0.263. The molecule has 102 valence electrons. The summed E-state index contributed by atoms with van der Waals surface area (Å²) in [6.07, 6.45) is 4.54. The van der Waals surface area contributed by atoms with Crippen LogP contribution in [0.5, 0.6) is 0 Å². The molecule has 2 aliphatic heterocycles. The van der Waals surface area contributed by atoms with E-state index in [4.69, 9.17) is 4.74 Å². The normalized spacial score (nSPS) is 35.4. The lowest BCUT2D eigenvalue weighted by Gasteiger charge is -2.24. The van der Waals surface area contributed by atoms with Crippen LogP contribution in [0, 0.1) is 17.3 Å². The Morgan fingerprint density at radius 3 is 2.89 bits per heavy atom. The molecule has 1 spiro atoms. The summed E-state index contributed by atoms with van der Waals surface area (Å²) in [5.74, 6) is 1.08. The molecule has 1 saturated carbocycles. The lowest BCUT2D eigenvalue weighted by Crippen LogP contribution is -2.41. The molecule has 3 rings (SSSR count). The van der Waals surface area contributed by atoms with Gasteiger partial charge in [0.05, 0.1) is 6.61 Å². The number of hydrogen-bond donors (Lipinski definition) is 2. The van der Waals surface area contributed by atoms with Crippen LogP contribution in [-0.2, 0) is 9.53 Å². The molecule has 3 atom stereocenters. The van der Waals surface area contributed by atoms with Crippen molar-refractivity contribution in [3.05, 3.63) is 0 Å². The lowest BCUT2D eigenvalue weighted by atomic mass is 9.91. The molecule has 0 bridgehead atoms. The smallest absolute Gasteiger partial charge is 0.223 e. The summed E-state index contributed by atoms with van der Waals surface area (Å²) in [5, 5.41) is 6.59. The molecule has 3 unspecified atom stereocenters. The van der Waals surface area contributed by atoms with Gasteiger partial charge >= 0.3 is 0 Å². The third kappa shape index (κ3) is 2.28. The topological polar surface area (TPSA) is 50.4 Å². The Morgan fingerprint density at radius 1 is 1.44 bits per heavy atom. The third-order valence-corrected chi connectivity index (χ3v) is 5.15. The Bertz CT molecular complexity index is 320. The van der Waals surface area contributed by atoms with Crippen molar-refractivity contribution in [3.8, 4) is 0 Å². The largest absolute Gasteiger partial charge is 0.381 e. The summed E-state index contributed by atoms with van der Waals surface area (Å²) in [7, 11) is 0. The zero-order valence-corrected chi connectivity index (χ0v) is 11.2. The fraction of sp³-hybridized carbons (Fsp3) is 0.929. The number of carbonyl (C=O) groups is 1. The average molecular weight is 252 g/mol. The fourth-order valence-corrected chi connectivity index (χ4v) is 3.59. The third-order valence-electron chi connectivity index (χ3n) is 5.15. The van der Waals surface area contributed by atoms with Crippen LogP contribution < -0.4 is 10.6 Å². The van der Waals surface area contributed by atoms with E-state index in [-0.39, 0.29) is 17.9 Å². The molecule has 4 nitrogen and oxygen atoms in total. The summed E-state index contributed by atoms with van der Waals surface area (Å²) >= 11 is 0. The molecule has 4 heteroatoms. The molecule has 0 aromatic rings. The minimum Gasteiger partial charge on any atom is -0.381 e. The summed E-state index contributed by atoms with van der Waals surface area (Å²) in [6, 6.07) is 0.263. The highest BCUT2D eigenvalue weighted by molar-refractivity contribution is 5.82. The maximum Gasteiger partial charge on any atom is 0.223 e. The van der Waals surface area contributed by atoms with E-state index in [1.165, 1.54) is 12.8 Å². The van der Waals surface area contributed by atoms with Crippen molar-refractivity contribution >= 4 is 5.91 Å². The van der Waals surface area contributed by atoms with E-state index >= 15 is 0 Å². The second kappa shape index (κ2) is 4.82. The van der Waals surface area contributed by atoms with Gasteiger partial charge in [0.25, 0.3) is 0 Å². The Hall–Kier alpha value is -0.610. The van der Waals surface area contributed by atoms with Crippen LogP contribution in [0.2, 0.25) is 0 Å². The monoisotopic (exact) mass is 252 g/mol. The molecule has 3 fully saturated rings. The van der Waals surface area contributed by atoms with Crippen molar-refractivity contribution in [3.63, 3.8) is 0 Å². The van der Waals surface area contributed by atoms with Crippen molar-refractivity contribution in [1.29, 1.82) is 0 Å². The maximum atomic E-state index is 12.3. The van der Waals surface area contributed by atoms with Gasteiger partial charge in [-0.2, -0.15) is 0 Å². The van der Waals surface area contributed by atoms with Gasteiger partial charge in [-0.05, 0) is 51.1 Å². The molecule has 0 radical (unpaired) electrons. The zero-order chi connectivity index (χ0) is 12.6. The number of piperidine rings is 1. The van der Waals surface area contributed by atoms with Crippen molar-refractivity contribution in [2.24, 2.45) is 17.3 Å². The second-order valence-electron chi connectivity index (χ2n) is 6.29. The van der Waals surface area contributed by atoms with E-state index in [0.29, 0.717) is 11.3 Å². The quantitative estimate of drug-likeness (QED) is 0.785. The molecule has 2 N–H and O–H groups in total. The average Bonchev–Trinajstić information content (AvgIpc) is 2.84. The highest BCUT2D eigenvalue weighted by atomic mass is 16.5. The van der Waals surface area contributed by atoms with Gasteiger partial charge < -0.3 is 15.4 Å². The molecular weight excluding hydrogens is 228 g/mol. The van der Waals surface area contributed by atoms with Crippen LogP contribution in [0.1, 0.15) is 32.6 Å². The first-order valence-corrected chi connectivity index (χ1v) is 7.30. The highest BCUT2D eigenvalue weighted by Gasteiger charge is 2.57. The predicted molar refractivity (Wildman–Crippen MR) is 69.2 cm³/mol. The number of ether oxygens (including phenoxy) is 1. The second-order valence-corrected chi connectivity index (χ2v) is 6.29. The standard InChI is InChI=1S/C14H24N2O2/c1-10(11-2-7-18-9-11)16-13(17)12-8-14(12)3-5-15-6-4-14/h10-12,15H,2-9H2,1H3,(H,16,17). The van der Waals surface area contributed by atoms with Gasteiger partial charge in [-0.3, -0.25) is 4.79 Å². The summed E-state index contributed by atoms with van der Waals surface area (Å²) in [4.78, 5) is 12.3. The van der Waals surface area contributed by atoms with Gasteiger partial charge in [0.2, 0.25) is 5.91 Å². The Morgan fingerprint density at radius 2 is 2.22 bits per heavy atom. The minimum atomic E-state index is 0.263. The molecular formula is C14H24N2O2. The molecule has 2 heterocycles. The van der Waals surface area contributed by atoms with E-state index in [1.807, 2.05) is 0 Å². The summed E-state index contributed by atoms with van der Waals surface area (Å²) in [6.45, 7) is 5.94. The SMILES string of the molecule is CC(NC(=O)C1CC12CCNCC2)C1CCOC1. The summed E-state index contributed by atoms with van der Waals surface area (Å²) in [5.41, 5.74) is 0.348. The molecule has 1 aliphatic carbocycles. The van der Waals surface area contributed by atoms with Gasteiger partial charge in [-0.1, -0.05) is 0 Å². The first-order valence-electron chi connectivity index (χ1n) is 7.30. The predicted octanol–water partition coefficient (Wildman–Crippen LogP) is 0.917. The highest BCUT2D eigenvalue weighted by Crippen LogP contribution is 2.58. The molecule has 0 aromatic heterocycles. The molecule has 2 saturated heterocycles. The number of hydrogen-bond acceptors (Lipinski definition) is 3. The van der Waals surface area contributed by atoms with Crippen LogP contribution in [0.25, 0.3) is 0 Å². The number of nitrogens with one attached hydrogen (secondary N) is 2. The Balaban J connectivity index is 1.50. The van der Waals surface area contributed by atoms with Crippen LogP contribution >= 0.6 is 0 Å². The number of carbonyl (C=O) groups excluding carboxylic acids is 1. The van der Waals surface area contributed by atoms with Crippen molar-refractivity contribution in [1.82, 2.24) is 10.6 Å². The van der Waals surface area contributed by atoms with Crippen LogP contribution in [0.15, 0.2) is 0 Å². The van der Waals surface area contributed by atoms with Crippen molar-refractivity contribution in [2.45, 2.75) is 38.6 Å². The number of rotatable bonds is 3. The van der Waals surface area contributed by atoms with Crippen molar-refractivity contribution < 1.29 is 9.53 Å². The first-order chi connectivity index (χ1) is 8.71. The van der Waals surface area contributed by atoms with Crippen LogP contribution in [-0.4, -0.2) is 38.3 Å². The van der Waals surface area contributed by atoms with Gasteiger partial charge in [0.15, 0.2) is 0 Å². The van der Waals surface area contributed by atoms with E-state index in [2.05, 4.69) is 17.6 Å². The molecule has 18 heavy (non-hydrogen) atoms. The lowest BCUT2D eigenvalue weighted by molar-refractivity contribution is -0.124. The first kappa shape index (κ1) is 12.4. The zero-order valence-electron chi connectivity index (χ0n) is 11.2. The molecule has 1 amide bonds. The maximum absolute atomic E-state index is 12.3. The van der Waals surface area contributed by atoms with E-state index < -0.39 is 0 Å². The Labute approximate surface area is 109 Å². The fourth-order valence-electron chi connectivity index (χ4n) is 3.59. The van der Waals surface area contributed by atoms with Gasteiger partial charge in [-0.25, -0.2) is 0 Å².